The lowest BCUT2D eigenvalue weighted by Crippen LogP contribution is -2.17. The molecule has 3 heteroatoms. The van der Waals surface area contributed by atoms with Crippen LogP contribution >= 0.6 is 11.6 Å². The van der Waals surface area contributed by atoms with Gasteiger partial charge in [-0.05, 0) is 6.42 Å². The molecule has 0 aromatic heterocycles. The summed E-state index contributed by atoms with van der Waals surface area (Å²) in [5.74, 6) is 0.598. The van der Waals surface area contributed by atoms with Gasteiger partial charge in [0.2, 0.25) is 0 Å². The molecule has 1 rings (SSSR count). The standard InChI is InChI=1S/C8H15ClO2/c1-2-3-7(4-9)10-5-8-6-11-8/h7-8H,2-6H2,1H3. The molecule has 1 saturated heterocycles. The van der Waals surface area contributed by atoms with Crippen LogP contribution in [0.4, 0.5) is 0 Å². The second-order valence-corrected chi connectivity index (χ2v) is 3.16. The SMILES string of the molecule is CCCC(CCl)OCC1CO1. The van der Waals surface area contributed by atoms with Crippen molar-refractivity contribution in [2.75, 3.05) is 19.1 Å². The van der Waals surface area contributed by atoms with E-state index in [4.69, 9.17) is 21.1 Å². The molecule has 2 atom stereocenters. The van der Waals surface area contributed by atoms with Crippen LogP contribution < -0.4 is 0 Å². The molecule has 0 saturated carbocycles. The van der Waals surface area contributed by atoms with E-state index in [-0.39, 0.29) is 6.10 Å². The Morgan fingerprint density at radius 2 is 2.45 bits per heavy atom. The van der Waals surface area contributed by atoms with Gasteiger partial charge in [-0.15, -0.1) is 11.6 Å². The van der Waals surface area contributed by atoms with Crippen molar-refractivity contribution < 1.29 is 9.47 Å². The van der Waals surface area contributed by atoms with Crippen LogP contribution in [0.25, 0.3) is 0 Å². The third-order valence-corrected chi connectivity index (χ3v) is 2.05. The summed E-state index contributed by atoms with van der Waals surface area (Å²) in [6, 6.07) is 0. The highest BCUT2D eigenvalue weighted by molar-refractivity contribution is 6.18. The van der Waals surface area contributed by atoms with E-state index in [2.05, 4.69) is 6.92 Å². The molecule has 66 valence electrons. The van der Waals surface area contributed by atoms with Crippen LogP contribution in [0.3, 0.4) is 0 Å². The fraction of sp³-hybridized carbons (Fsp3) is 1.00. The average molecular weight is 179 g/mol. The van der Waals surface area contributed by atoms with E-state index in [0.717, 1.165) is 26.1 Å². The molecule has 0 N–H and O–H groups in total. The second kappa shape index (κ2) is 4.96. The van der Waals surface area contributed by atoms with E-state index in [9.17, 15) is 0 Å². The monoisotopic (exact) mass is 178 g/mol. The molecule has 11 heavy (non-hydrogen) atoms. The fourth-order valence-electron chi connectivity index (χ4n) is 0.935. The van der Waals surface area contributed by atoms with Gasteiger partial charge in [-0.2, -0.15) is 0 Å². The van der Waals surface area contributed by atoms with Gasteiger partial charge in [0.25, 0.3) is 0 Å². The summed E-state index contributed by atoms with van der Waals surface area (Å²) < 4.78 is 10.5. The Morgan fingerprint density at radius 1 is 1.73 bits per heavy atom. The Labute approximate surface area is 72.8 Å². The lowest BCUT2D eigenvalue weighted by molar-refractivity contribution is 0.0510. The van der Waals surface area contributed by atoms with Crippen molar-refractivity contribution in [1.29, 1.82) is 0 Å². The first-order chi connectivity index (χ1) is 5.36. The minimum atomic E-state index is 0.228. The number of rotatable bonds is 6. The zero-order valence-corrected chi connectivity index (χ0v) is 7.64. The molecule has 0 spiro atoms. The van der Waals surface area contributed by atoms with Crippen LogP contribution in [0, 0.1) is 0 Å². The Bertz CT molecular complexity index is 104. The van der Waals surface area contributed by atoms with Crippen LogP contribution in [0.2, 0.25) is 0 Å². The molecular formula is C8H15ClO2. The molecule has 1 heterocycles. The van der Waals surface area contributed by atoms with Crippen LogP contribution in [0.15, 0.2) is 0 Å². The van der Waals surface area contributed by atoms with Gasteiger partial charge in [-0.1, -0.05) is 13.3 Å². The molecule has 2 unspecified atom stereocenters. The average Bonchev–Trinajstić information content (AvgIpc) is 2.81. The summed E-state index contributed by atoms with van der Waals surface area (Å²) in [6.45, 7) is 3.72. The van der Waals surface area contributed by atoms with Crippen LogP contribution in [0.1, 0.15) is 19.8 Å². The summed E-state index contributed by atoms with van der Waals surface area (Å²) in [4.78, 5) is 0. The van der Waals surface area contributed by atoms with Gasteiger partial charge in [-0.3, -0.25) is 0 Å². The third kappa shape index (κ3) is 3.94. The van der Waals surface area contributed by atoms with Crippen molar-refractivity contribution in [3.05, 3.63) is 0 Å². The number of epoxide rings is 1. The quantitative estimate of drug-likeness (QED) is 0.457. The van der Waals surface area contributed by atoms with Crippen molar-refractivity contribution in [1.82, 2.24) is 0 Å². The lowest BCUT2D eigenvalue weighted by atomic mass is 10.2. The van der Waals surface area contributed by atoms with Crippen molar-refractivity contribution in [2.24, 2.45) is 0 Å². The zero-order chi connectivity index (χ0) is 8.10. The first-order valence-corrected chi connectivity index (χ1v) is 4.69. The Hall–Kier alpha value is 0.210. The van der Waals surface area contributed by atoms with Crippen molar-refractivity contribution in [3.63, 3.8) is 0 Å². The molecule has 1 fully saturated rings. The summed E-state index contributed by atoms with van der Waals surface area (Å²) in [5.41, 5.74) is 0. The minimum absolute atomic E-state index is 0.228. The second-order valence-electron chi connectivity index (χ2n) is 2.85. The molecule has 0 radical (unpaired) electrons. The molecule has 1 aliphatic rings. The number of alkyl halides is 1. The van der Waals surface area contributed by atoms with Crippen LogP contribution in [-0.4, -0.2) is 31.3 Å². The molecule has 1 aliphatic heterocycles. The lowest BCUT2D eigenvalue weighted by Gasteiger charge is -2.12. The summed E-state index contributed by atoms with van der Waals surface area (Å²) in [5, 5.41) is 0. The molecule has 0 aliphatic carbocycles. The number of hydrogen-bond acceptors (Lipinski definition) is 2. The predicted octanol–water partition coefficient (Wildman–Crippen LogP) is 1.81. The molecular weight excluding hydrogens is 164 g/mol. The highest BCUT2D eigenvalue weighted by atomic mass is 35.5. The molecule has 0 aromatic rings. The van der Waals surface area contributed by atoms with E-state index in [1.165, 1.54) is 0 Å². The van der Waals surface area contributed by atoms with E-state index >= 15 is 0 Å². The van der Waals surface area contributed by atoms with Gasteiger partial charge in [0.1, 0.15) is 6.10 Å². The number of halogens is 1. The van der Waals surface area contributed by atoms with Crippen molar-refractivity contribution in [2.45, 2.75) is 32.0 Å². The fourth-order valence-corrected chi connectivity index (χ4v) is 1.18. The van der Waals surface area contributed by atoms with Crippen molar-refractivity contribution in [3.8, 4) is 0 Å². The van der Waals surface area contributed by atoms with Crippen LogP contribution in [0.5, 0.6) is 0 Å². The maximum Gasteiger partial charge on any atom is 0.104 e. The van der Waals surface area contributed by atoms with Crippen molar-refractivity contribution >= 4 is 11.6 Å². The summed E-state index contributed by atoms with van der Waals surface area (Å²) >= 11 is 5.68. The highest BCUT2D eigenvalue weighted by Gasteiger charge is 2.23. The molecule has 0 aromatic carbocycles. The van der Waals surface area contributed by atoms with Gasteiger partial charge in [0.05, 0.1) is 19.3 Å². The van der Waals surface area contributed by atoms with Crippen LogP contribution in [-0.2, 0) is 9.47 Å². The zero-order valence-electron chi connectivity index (χ0n) is 6.88. The van der Waals surface area contributed by atoms with E-state index in [0.29, 0.717) is 12.0 Å². The summed E-state index contributed by atoms with van der Waals surface area (Å²) in [7, 11) is 0. The Balaban J connectivity index is 1.98. The Kier molecular flexibility index (Phi) is 4.20. The number of ether oxygens (including phenoxy) is 2. The normalized spacial score (nSPS) is 25.1. The van der Waals surface area contributed by atoms with E-state index < -0.39 is 0 Å². The topological polar surface area (TPSA) is 21.8 Å². The Morgan fingerprint density at radius 3 is 2.91 bits per heavy atom. The third-order valence-electron chi connectivity index (χ3n) is 1.70. The minimum Gasteiger partial charge on any atom is -0.374 e. The smallest absolute Gasteiger partial charge is 0.104 e. The molecule has 2 nitrogen and oxygen atoms in total. The number of hydrogen-bond donors (Lipinski definition) is 0. The van der Waals surface area contributed by atoms with E-state index in [1.54, 1.807) is 0 Å². The molecule has 0 bridgehead atoms. The predicted molar refractivity (Wildman–Crippen MR) is 45.1 cm³/mol. The summed E-state index contributed by atoms with van der Waals surface area (Å²) in [6.07, 6.45) is 2.77. The first-order valence-electron chi connectivity index (χ1n) is 4.16. The largest absolute Gasteiger partial charge is 0.374 e. The van der Waals surface area contributed by atoms with E-state index in [1.807, 2.05) is 0 Å². The van der Waals surface area contributed by atoms with Gasteiger partial charge in [-0.25, -0.2) is 0 Å². The van der Waals surface area contributed by atoms with Gasteiger partial charge < -0.3 is 9.47 Å². The van der Waals surface area contributed by atoms with Gasteiger partial charge in [0, 0.05) is 5.88 Å². The van der Waals surface area contributed by atoms with Gasteiger partial charge >= 0.3 is 0 Å². The first kappa shape index (κ1) is 9.30. The van der Waals surface area contributed by atoms with Gasteiger partial charge in [0.15, 0.2) is 0 Å². The highest BCUT2D eigenvalue weighted by Crippen LogP contribution is 2.12. The maximum absolute atomic E-state index is 5.68. The molecule has 0 amide bonds. The maximum atomic E-state index is 5.68.